The average molecular weight is 364 g/mol. The number of nitrogens with zero attached hydrogens (tertiary/aromatic N) is 6. The summed E-state index contributed by atoms with van der Waals surface area (Å²) < 4.78 is 0. The van der Waals surface area contributed by atoms with Crippen molar-refractivity contribution in [1.29, 1.82) is 0 Å². The van der Waals surface area contributed by atoms with Gasteiger partial charge in [-0.3, -0.25) is 0 Å². The van der Waals surface area contributed by atoms with Crippen LogP contribution in [0.15, 0.2) is 97.3 Å². The predicted molar refractivity (Wildman–Crippen MR) is 107 cm³/mol. The second-order valence-electron chi connectivity index (χ2n) is 6.29. The molecule has 3 aromatic carbocycles. The number of aromatic nitrogens is 6. The Bertz CT molecular complexity index is 1120. The number of hydrogen-bond acceptors (Lipinski definition) is 4. The van der Waals surface area contributed by atoms with E-state index in [2.05, 4.69) is 20.4 Å². The van der Waals surface area contributed by atoms with Gasteiger partial charge in [0.25, 0.3) is 0 Å². The molecule has 0 fully saturated rings. The van der Waals surface area contributed by atoms with E-state index < -0.39 is 0 Å². The highest BCUT2D eigenvalue weighted by Gasteiger charge is 2.08. The van der Waals surface area contributed by atoms with Gasteiger partial charge in [-0.25, -0.2) is 0 Å². The van der Waals surface area contributed by atoms with Crippen molar-refractivity contribution in [2.75, 3.05) is 0 Å². The zero-order valence-corrected chi connectivity index (χ0v) is 14.9. The Kier molecular flexibility index (Phi) is 3.99. The van der Waals surface area contributed by atoms with Gasteiger partial charge in [0.05, 0.1) is 23.8 Å². The summed E-state index contributed by atoms with van der Waals surface area (Å²) in [6, 6.07) is 27.8. The molecule has 0 unspecified atom stereocenters. The fourth-order valence-corrected chi connectivity index (χ4v) is 3.00. The van der Waals surface area contributed by atoms with E-state index in [1.54, 1.807) is 22.0 Å². The third kappa shape index (κ3) is 3.07. The molecule has 0 amide bonds. The molecule has 0 atom stereocenters. The second-order valence-corrected chi connectivity index (χ2v) is 6.29. The molecule has 6 nitrogen and oxygen atoms in total. The van der Waals surface area contributed by atoms with E-state index in [-0.39, 0.29) is 0 Å². The number of rotatable bonds is 4. The second kappa shape index (κ2) is 6.92. The Labute approximate surface area is 161 Å². The standard InChI is InChI=1S/C22H16N6/c1-3-8-17(9-4-1)21-15-23-27(25-21)19-12-7-13-20(14-19)28-24-16-22(26-28)18-10-5-2-6-11-18/h1-16H. The van der Waals surface area contributed by atoms with Crippen LogP contribution in [0, 0.1) is 0 Å². The van der Waals surface area contributed by atoms with Crippen molar-refractivity contribution in [2.24, 2.45) is 0 Å². The summed E-state index contributed by atoms with van der Waals surface area (Å²) in [5.41, 5.74) is 5.41. The molecule has 0 aliphatic carbocycles. The molecule has 5 rings (SSSR count). The minimum Gasteiger partial charge on any atom is -0.156 e. The van der Waals surface area contributed by atoms with Gasteiger partial charge in [-0.1, -0.05) is 66.7 Å². The molecule has 2 heterocycles. The van der Waals surface area contributed by atoms with Gasteiger partial charge in [0.2, 0.25) is 0 Å². The van der Waals surface area contributed by atoms with Crippen LogP contribution in [-0.4, -0.2) is 30.0 Å². The van der Waals surface area contributed by atoms with Gasteiger partial charge in [-0.15, -0.1) is 10.2 Å². The zero-order valence-electron chi connectivity index (χ0n) is 14.9. The molecule has 6 heteroatoms. The first-order chi connectivity index (χ1) is 13.9. The summed E-state index contributed by atoms with van der Waals surface area (Å²) in [6.45, 7) is 0. The van der Waals surface area contributed by atoms with E-state index in [0.29, 0.717) is 0 Å². The summed E-state index contributed by atoms with van der Waals surface area (Å²) in [5.74, 6) is 0. The average Bonchev–Trinajstić information content (AvgIpc) is 3.46. The molecule has 0 aliphatic heterocycles. The van der Waals surface area contributed by atoms with Gasteiger partial charge in [-0.05, 0) is 18.2 Å². The quantitative estimate of drug-likeness (QED) is 0.480. The molecular weight excluding hydrogens is 348 g/mol. The Balaban J connectivity index is 1.46. The Morgan fingerprint density at radius 3 is 1.43 bits per heavy atom. The van der Waals surface area contributed by atoms with Crippen molar-refractivity contribution in [2.45, 2.75) is 0 Å². The van der Waals surface area contributed by atoms with E-state index in [1.165, 1.54) is 0 Å². The van der Waals surface area contributed by atoms with Gasteiger partial charge in [0.15, 0.2) is 0 Å². The Morgan fingerprint density at radius 2 is 0.964 bits per heavy atom. The van der Waals surface area contributed by atoms with Crippen molar-refractivity contribution >= 4 is 0 Å². The maximum absolute atomic E-state index is 4.59. The maximum atomic E-state index is 4.59. The van der Waals surface area contributed by atoms with Gasteiger partial charge >= 0.3 is 0 Å². The first-order valence-electron chi connectivity index (χ1n) is 8.93. The fourth-order valence-electron chi connectivity index (χ4n) is 3.00. The smallest absolute Gasteiger partial charge is 0.113 e. The molecule has 5 aromatic rings. The third-order valence-corrected chi connectivity index (χ3v) is 4.41. The fraction of sp³-hybridized carbons (Fsp3) is 0. The van der Waals surface area contributed by atoms with Crippen LogP contribution in [0.2, 0.25) is 0 Å². The van der Waals surface area contributed by atoms with Crippen molar-refractivity contribution < 1.29 is 0 Å². The summed E-state index contributed by atoms with van der Waals surface area (Å²) in [5, 5.41) is 18.0. The summed E-state index contributed by atoms with van der Waals surface area (Å²) in [7, 11) is 0. The molecule has 0 spiro atoms. The lowest BCUT2D eigenvalue weighted by atomic mass is 10.2. The summed E-state index contributed by atoms with van der Waals surface area (Å²) in [4.78, 5) is 3.24. The van der Waals surface area contributed by atoms with Crippen molar-refractivity contribution in [3.63, 3.8) is 0 Å². The van der Waals surface area contributed by atoms with Crippen LogP contribution in [0.25, 0.3) is 33.9 Å². The van der Waals surface area contributed by atoms with Crippen molar-refractivity contribution in [3.8, 4) is 33.9 Å². The largest absolute Gasteiger partial charge is 0.156 e. The summed E-state index contributed by atoms with van der Waals surface area (Å²) >= 11 is 0. The van der Waals surface area contributed by atoms with Crippen LogP contribution in [0.4, 0.5) is 0 Å². The molecule has 0 N–H and O–H groups in total. The first-order valence-corrected chi connectivity index (χ1v) is 8.93. The molecule has 0 radical (unpaired) electrons. The van der Waals surface area contributed by atoms with Gasteiger partial charge < -0.3 is 0 Å². The van der Waals surface area contributed by atoms with Gasteiger partial charge in [0.1, 0.15) is 11.4 Å². The molecule has 2 aromatic heterocycles. The van der Waals surface area contributed by atoms with E-state index in [1.807, 2.05) is 84.9 Å². The van der Waals surface area contributed by atoms with Crippen molar-refractivity contribution in [1.82, 2.24) is 30.0 Å². The highest BCUT2D eigenvalue weighted by Crippen LogP contribution is 2.19. The van der Waals surface area contributed by atoms with Gasteiger partial charge in [-0.2, -0.15) is 19.8 Å². The third-order valence-electron chi connectivity index (χ3n) is 4.41. The van der Waals surface area contributed by atoms with Crippen LogP contribution in [0.1, 0.15) is 0 Å². The van der Waals surface area contributed by atoms with E-state index in [9.17, 15) is 0 Å². The van der Waals surface area contributed by atoms with E-state index in [4.69, 9.17) is 0 Å². The minimum atomic E-state index is 0.828. The molecule has 28 heavy (non-hydrogen) atoms. The van der Waals surface area contributed by atoms with Crippen LogP contribution < -0.4 is 0 Å². The molecule has 0 saturated carbocycles. The van der Waals surface area contributed by atoms with Crippen LogP contribution in [0.3, 0.4) is 0 Å². The van der Waals surface area contributed by atoms with Crippen LogP contribution in [-0.2, 0) is 0 Å². The Morgan fingerprint density at radius 1 is 0.500 bits per heavy atom. The molecule has 0 aliphatic rings. The monoisotopic (exact) mass is 364 g/mol. The van der Waals surface area contributed by atoms with E-state index in [0.717, 1.165) is 33.9 Å². The Hall–Kier alpha value is -4.06. The maximum Gasteiger partial charge on any atom is 0.113 e. The molecule has 134 valence electrons. The van der Waals surface area contributed by atoms with Crippen LogP contribution >= 0.6 is 0 Å². The predicted octanol–water partition coefficient (Wildman–Crippen LogP) is 4.18. The molecule has 0 bridgehead atoms. The number of hydrogen-bond donors (Lipinski definition) is 0. The zero-order chi connectivity index (χ0) is 18.8. The normalized spacial score (nSPS) is 10.9. The van der Waals surface area contributed by atoms with Crippen LogP contribution in [0.5, 0.6) is 0 Å². The highest BCUT2D eigenvalue weighted by atomic mass is 15.5. The highest BCUT2D eigenvalue weighted by molar-refractivity contribution is 5.58. The van der Waals surface area contributed by atoms with Gasteiger partial charge in [0, 0.05) is 11.1 Å². The summed E-state index contributed by atoms with van der Waals surface area (Å²) in [6.07, 6.45) is 3.53. The SMILES string of the molecule is c1ccc(-c2cnn(-c3cccc(-n4ncc(-c5ccccc5)n4)c3)n2)cc1. The first kappa shape index (κ1) is 16.1. The number of benzene rings is 3. The lowest BCUT2D eigenvalue weighted by molar-refractivity contribution is 0.734. The van der Waals surface area contributed by atoms with E-state index >= 15 is 0 Å². The minimum absolute atomic E-state index is 0.828. The lowest BCUT2D eigenvalue weighted by Gasteiger charge is -2.03. The topological polar surface area (TPSA) is 61.4 Å². The lowest BCUT2D eigenvalue weighted by Crippen LogP contribution is -2.03. The molecular formula is C22H16N6. The van der Waals surface area contributed by atoms with Crippen molar-refractivity contribution in [3.05, 3.63) is 97.3 Å². The molecule has 0 saturated heterocycles.